The van der Waals surface area contributed by atoms with Crippen molar-refractivity contribution in [3.05, 3.63) is 133 Å². The summed E-state index contributed by atoms with van der Waals surface area (Å²) in [4.78, 5) is 0. The molecule has 7 heteroatoms. The summed E-state index contributed by atoms with van der Waals surface area (Å²) in [6.07, 6.45) is 0. The van der Waals surface area contributed by atoms with Gasteiger partial charge in [0.15, 0.2) is 6.54 Å². The smallest absolute Gasteiger partial charge is 0.497 e. The Bertz CT molecular complexity index is 1380. The van der Waals surface area contributed by atoms with E-state index in [0.29, 0.717) is 0 Å². The second kappa shape index (κ2) is 12.2. The fourth-order valence-corrected chi connectivity index (χ4v) is 4.20. The number of hydrogen-bond acceptors (Lipinski definition) is 1. The van der Waals surface area contributed by atoms with Crippen molar-refractivity contribution in [2.24, 2.45) is 0 Å². The first-order chi connectivity index (χ1) is 18.3. The number of halogens is 4. The van der Waals surface area contributed by atoms with Gasteiger partial charge >= 0.3 is 7.25 Å². The molecule has 1 heterocycles. The van der Waals surface area contributed by atoms with Gasteiger partial charge in [-0.3, -0.25) is 0 Å². The topological polar surface area (TPSA) is 13.1 Å². The van der Waals surface area contributed by atoms with Crippen LogP contribution >= 0.6 is 0 Å². The number of aromatic nitrogens is 1. The highest BCUT2D eigenvalue weighted by molar-refractivity contribution is 6.50. The quantitative estimate of drug-likeness (QED) is 0.126. The van der Waals surface area contributed by atoms with E-state index in [1.807, 2.05) is 12.1 Å². The molecule has 0 saturated heterocycles. The molecule has 0 saturated carbocycles. The number of hydrogen-bond donors (Lipinski definition) is 0. The summed E-state index contributed by atoms with van der Waals surface area (Å²) in [5.74, 6) is 0.861. The Morgan fingerprint density at radius 3 is 1.39 bits per heavy atom. The first-order valence-electron chi connectivity index (χ1n) is 12.1. The van der Waals surface area contributed by atoms with Gasteiger partial charge in [-0.2, -0.15) is 4.57 Å². The number of rotatable bonds is 6. The maximum Gasteiger partial charge on any atom is 0.673 e. The van der Waals surface area contributed by atoms with Crippen LogP contribution in [0, 0.1) is 0 Å². The lowest BCUT2D eigenvalue weighted by molar-refractivity contribution is -0.666. The highest BCUT2D eigenvalue weighted by Gasteiger charge is 2.23. The molecule has 1 aromatic heterocycles. The fourth-order valence-electron chi connectivity index (χ4n) is 4.20. The van der Waals surface area contributed by atoms with Gasteiger partial charge in [0.05, 0.1) is 7.11 Å². The molecule has 0 unspecified atom stereocenters. The van der Waals surface area contributed by atoms with E-state index in [9.17, 15) is 17.3 Å². The van der Waals surface area contributed by atoms with Gasteiger partial charge in [0, 0.05) is 28.8 Å². The van der Waals surface area contributed by atoms with Crippen molar-refractivity contribution < 1.29 is 26.6 Å². The van der Waals surface area contributed by atoms with Gasteiger partial charge < -0.3 is 22.0 Å². The predicted octanol–water partition coefficient (Wildman–Crippen LogP) is 8.33. The van der Waals surface area contributed by atoms with E-state index < -0.39 is 7.25 Å². The Morgan fingerprint density at radius 1 is 0.553 bits per heavy atom. The minimum Gasteiger partial charge on any atom is -0.497 e. The minimum absolute atomic E-state index is 0.790. The van der Waals surface area contributed by atoms with Crippen LogP contribution in [-0.4, -0.2) is 14.4 Å². The summed E-state index contributed by atoms with van der Waals surface area (Å²) >= 11 is 0. The molecule has 192 valence electrons. The lowest BCUT2D eigenvalue weighted by Crippen LogP contribution is -2.39. The lowest BCUT2D eigenvalue weighted by Gasteiger charge is -2.13. The molecule has 0 bridgehead atoms. The highest BCUT2D eigenvalue weighted by Crippen LogP contribution is 2.30. The standard InChI is InChI=1S/C31H26NO.BF4/c1-33-29-19-17-25(18-20-29)28-21-30(26-13-7-3-8-14-26)32(23-24-11-5-2-6-12-24)31(22-28)27-15-9-4-10-16-27;2-1(3,4)5/h2-22H,23H2,1H3;/q+1;-1. The van der Waals surface area contributed by atoms with Crippen molar-refractivity contribution in [1.29, 1.82) is 0 Å². The maximum atomic E-state index is 9.75. The molecule has 5 rings (SSSR count). The van der Waals surface area contributed by atoms with Gasteiger partial charge in [0.1, 0.15) is 5.75 Å². The molecule has 4 aromatic carbocycles. The molecule has 0 aliphatic rings. The predicted molar refractivity (Wildman–Crippen MR) is 145 cm³/mol. The molecule has 0 N–H and O–H groups in total. The molecular weight excluding hydrogens is 489 g/mol. The van der Waals surface area contributed by atoms with Crippen LogP contribution in [0.15, 0.2) is 127 Å². The van der Waals surface area contributed by atoms with Gasteiger partial charge in [0.2, 0.25) is 11.4 Å². The molecule has 38 heavy (non-hydrogen) atoms. The third-order valence-corrected chi connectivity index (χ3v) is 5.91. The number of methoxy groups -OCH3 is 1. The number of ether oxygens (including phenoxy) is 1. The second-order valence-electron chi connectivity index (χ2n) is 8.54. The van der Waals surface area contributed by atoms with E-state index in [1.165, 1.54) is 33.6 Å². The van der Waals surface area contributed by atoms with Crippen LogP contribution in [0.25, 0.3) is 33.6 Å². The van der Waals surface area contributed by atoms with Gasteiger partial charge in [-0.1, -0.05) is 78.9 Å². The molecule has 0 atom stereocenters. The first kappa shape index (κ1) is 26.7. The van der Waals surface area contributed by atoms with Crippen LogP contribution in [0.4, 0.5) is 17.3 Å². The summed E-state index contributed by atoms with van der Waals surface area (Å²) in [7, 11) is -4.30. The van der Waals surface area contributed by atoms with Crippen molar-refractivity contribution in [2.45, 2.75) is 6.54 Å². The Labute approximate surface area is 219 Å². The Hall–Kier alpha value is -4.39. The fraction of sp³-hybridized carbons (Fsp3) is 0.0645. The van der Waals surface area contributed by atoms with Crippen molar-refractivity contribution in [3.8, 4) is 39.4 Å². The zero-order chi connectivity index (χ0) is 27.0. The molecule has 2 nitrogen and oxygen atoms in total. The Kier molecular flexibility index (Phi) is 8.59. The molecule has 0 aliphatic heterocycles. The molecule has 0 spiro atoms. The highest BCUT2D eigenvalue weighted by atomic mass is 19.5. The first-order valence-corrected chi connectivity index (χ1v) is 12.1. The second-order valence-corrected chi connectivity index (χ2v) is 8.54. The Balaban J connectivity index is 0.000000617. The van der Waals surface area contributed by atoms with Gasteiger partial charge in [-0.05, 0) is 47.5 Å². The van der Waals surface area contributed by atoms with E-state index in [1.54, 1.807) is 7.11 Å². The summed E-state index contributed by atoms with van der Waals surface area (Å²) < 4.78 is 46.8. The minimum atomic E-state index is -6.00. The third kappa shape index (κ3) is 7.32. The zero-order valence-electron chi connectivity index (χ0n) is 20.8. The van der Waals surface area contributed by atoms with E-state index >= 15 is 0 Å². The molecule has 0 amide bonds. The van der Waals surface area contributed by atoms with E-state index in [4.69, 9.17) is 4.74 Å². The SMILES string of the molecule is COc1ccc(-c2cc(-c3ccccc3)[n+](Cc3ccccc3)c(-c3ccccc3)c2)cc1.F[B-](F)(F)F. The van der Waals surface area contributed by atoms with Crippen molar-refractivity contribution in [3.63, 3.8) is 0 Å². The normalized spacial score (nSPS) is 10.9. The summed E-state index contributed by atoms with van der Waals surface area (Å²) in [6, 6.07) is 44.8. The largest absolute Gasteiger partial charge is 0.673 e. The molecule has 0 radical (unpaired) electrons. The van der Waals surface area contributed by atoms with Gasteiger partial charge in [-0.15, -0.1) is 0 Å². The number of benzene rings is 4. The lowest BCUT2D eigenvalue weighted by atomic mass is 9.98. The number of nitrogens with zero attached hydrogens (tertiary/aromatic N) is 1. The van der Waals surface area contributed by atoms with Crippen LogP contribution in [0.1, 0.15) is 5.56 Å². The van der Waals surface area contributed by atoms with Crippen LogP contribution in [0.2, 0.25) is 0 Å². The average Bonchev–Trinajstić information content (AvgIpc) is 2.94. The molecule has 5 aromatic rings. The summed E-state index contributed by atoms with van der Waals surface area (Å²) in [5, 5.41) is 0. The Morgan fingerprint density at radius 2 is 0.974 bits per heavy atom. The third-order valence-electron chi connectivity index (χ3n) is 5.91. The van der Waals surface area contributed by atoms with Crippen LogP contribution in [0.5, 0.6) is 5.75 Å². The maximum absolute atomic E-state index is 9.75. The average molecular weight is 515 g/mol. The van der Waals surface area contributed by atoms with Crippen LogP contribution in [0.3, 0.4) is 0 Å². The summed E-state index contributed by atoms with van der Waals surface area (Å²) in [5.41, 5.74) is 8.38. The van der Waals surface area contributed by atoms with E-state index in [0.717, 1.165) is 17.9 Å². The van der Waals surface area contributed by atoms with Crippen molar-refractivity contribution in [2.75, 3.05) is 7.11 Å². The van der Waals surface area contributed by atoms with Gasteiger partial charge in [-0.25, -0.2) is 0 Å². The van der Waals surface area contributed by atoms with Crippen molar-refractivity contribution in [1.82, 2.24) is 0 Å². The monoisotopic (exact) mass is 515 g/mol. The molecular formula is C31H26BF4NO. The van der Waals surface area contributed by atoms with Crippen LogP contribution < -0.4 is 9.30 Å². The molecule has 0 aliphatic carbocycles. The number of pyridine rings is 1. The summed E-state index contributed by atoms with van der Waals surface area (Å²) in [6.45, 7) is 0.790. The zero-order valence-corrected chi connectivity index (χ0v) is 20.8. The van der Waals surface area contributed by atoms with Crippen LogP contribution in [-0.2, 0) is 6.54 Å². The van der Waals surface area contributed by atoms with Crippen molar-refractivity contribution >= 4 is 7.25 Å². The van der Waals surface area contributed by atoms with E-state index in [2.05, 4.69) is 120 Å². The van der Waals surface area contributed by atoms with E-state index in [-0.39, 0.29) is 0 Å². The van der Waals surface area contributed by atoms with Gasteiger partial charge in [0.25, 0.3) is 0 Å². The molecule has 0 fully saturated rings.